The van der Waals surface area contributed by atoms with Crippen LogP contribution in [0.5, 0.6) is 0 Å². The van der Waals surface area contributed by atoms with Crippen LogP contribution in [0.4, 0.5) is 0 Å². The van der Waals surface area contributed by atoms with Crippen LogP contribution in [0.1, 0.15) is 33.6 Å². The maximum Gasteiger partial charge on any atom is 0.0650 e. The third kappa shape index (κ3) is 3.24. The Kier molecular flexibility index (Phi) is 4.75. The molecule has 1 aliphatic carbocycles. The van der Waals surface area contributed by atoms with Gasteiger partial charge in [-0.15, -0.1) is 11.8 Å². The van der Waals surface area contributed by atoms with Gasteiger partial charge >= 0.3 is 0 Å². The Hall–Kier alpha value is -0.730. The lowest BCUT2D eigenvalue weighted by Gasteiger charge is -2.27. The van der Waals surface area contributed by atoms with Gasteiger partial charge in [0.1, 0.15) is 0 Å². The number of allylic oxidation sites excluding steroid dienone is 1. The van der Waals surface area contributed by atoms with Crippen LogP contribution in [-0.2, 0) is 0 Å². The van der Waals surface area contributed by atoms with Gasteiger partial charge in [-0.1, -0.05) is 44.5 Å². The lowest BCUT2D eigenvalue weighted by Crippen LogP contribution is -2.21. The minimum Gasteiger partial charge on any atom is -0.392 e. The molecule has 0 bridgehead atoms. The molecule has 0 saturated heterocycles. The van der Waals surface area contributed by atoms with Gasteiger partial charge in [-0.25, -0.2) is 0 Å². The summed E-state index contributed by atoms with van der Waals surface area (Å²) in [6.45, 7) is 7.01. The first-order chi connectivity index (χ1) is 9.07. The van der Waals surface area contributed by atoms with Crippen LogP contribution in [0.3, 0.4) is 0 Å². The van der Waals surface area contributed by atoms with Gasteiger partial charge in [0.2, 0.25) is 0 Å². The summed E-state index contributed by atoms with van der Waals surface area (Å²) in [5.74, 6) is 1.62. The number of aliphatic hydroxyl groups is 1. The van der Waals surface area contributed by atoms with Crippen molar-refractivity contribution < 1.29 is 5.11 Å². The maximum absolute atomic E-state index is 9.75. The van der Waals surface area contributed by atoms with Crippen LogP contribution in [-0.4, -0.2) is 17.5 Å². The Balaban J connectivity index is 2.11. The van der Waals surface area contributed by atoms with E-state index in [-0.39, 0.29) is 12.0 Å². The molecule has 1 aromatic rings. The molecule has 1 aromatic carbocycles. The molecule has 0 aliphatic heterocycles. The Bertz CT molecular complexity index is 450. The SMILES string of the molecule is CC(C)C1=C(CO)[C@@](C)(CSc2ccccc2)CC1. The van der Waals surface area contributed by atoms with Gasteiger partial charge in [-0.05, 0) is 36.5 Å². The van der Waals surface area contributed by atoms with Crippen molar-refractivity contribution in [3.63, 3.8) is 0 Å². The Labute approximate surface area is 121 Å². The van der Waals surface area contributed by atoms with E-state index in [1.165, 1.54) is 22.5 Å². The fraction of sp³-hybridized carbons (Fsp3) is 0.529. The number of rotatable bonds is 5. The van der Waals surface area contributed by atoms with Crippen molar-refractivity contribution in [3.05, 3.63) is 41.5 Å². The molecular formula is C17H24OS. The predicted molar refractivity (Wildman–Crippen MR) is 83.5 cm³/mol. The largest absolute Gasteiger partial charge is 0.392 e. The third-order valence-corrected chi connectivity index (χ3v) is 5.60. The maximum atomic E-state index is 9.75. The van der Waals surface area contributed by atoms with Gasteiger partial charge in [0.05, 0.1) is 6.61 Å². The first-order valence-corrected chi connectivity index (χ1v) is 8.06. The van der Waals surface area contributed by atoms with Crippen LogP contribution < -0.4 is 0 Å². The van der Waals surface area contributed by atoms with E-state index in [9.17, 15) is 5.11 Å². The standard InChI is InChI=1S/C17H24OS/c1-13(2)15-9-10-17(3,16(15)11-18)12-19-14-7-5-4-6-8-14/h4-8,13,18H,9-12H2,1-3H3/t17-/m1/s1. The average Bonchev–Trinajstić information content (AvgIpc) is 2.75. The molecule has 1 aliphatic rings. The van der Waals surface area contributed by atoms with Crippen LogP contribution >= 0.6 is 11.8 Å². The van der Waals surface area contributed by atoms with Crippen LogP contribution in [0.2, 0.25) is 0 Å². The molecule has 1 N–H and O–H groups in total. The summed E-state index contributed by atoms with van der Waals surface area (Å²) in [7, 11) is 0. The lowest BCUT2D eigenvalue weighted by atomic mass is 9.84. The molecule has 0 spiro atoms. The van der Waals surface area contributed by atoms with Crippen LogP contribution in [0.25, 0.3) is 0 Å². The zero-order valence-corrected chi connectivity index (χ0v) is 13.0. The van der Waals surface area contributed by atoms with Crippen molar-refractivity contribution in [2.75, 3.05) is 12.4 Å². The van der Waals surface area contributed by atoms with Crippen molar-refractivity contribution in [1.29, 1.82) is 0 Å². The molecule has 19 heavy (non-hydrogen) atoms. The van der Waals surface area contributed by atoms with Crippen molar-refractivity contribution in [1.82, 2.24) is 0 Å². The minimum atomic E-state index is 0.162. The van der Waals surface area contributed by atoms with Gasteiger partial charge in [-0.3, -0.25) is 0 Å². The summed E-state index contributed by atoms with van der Waals surface area (Å²) in [4.78, 5) is 1.32. The second-order valence-corrected chi connectivity index (χ2v) is 7.03. The summed E-state index contributed by atoms with van der Waals surface area (Å²) in [5.41, 5.74) is 2.94. The highest BCUT2D eigenvalue weighted by Crippen LogP contribution is 2.47. The first-order valence-electron chi connectivity index (χ1n) is 7.08. The molecule has 1 atom stereocenters. The molecule has 2 rings (SSSR count). The fourth-order valence-corrected chi connectivity index (χ4v) is 4.10. The number of hydrogen-bond donors (Lipinski definition) is 1. The molecule has 0 amide bonds. The van der Waals surface area contributed by atoms with Gasteiger partial charge in [0.15, 0.2) is 0 Å². The molecule has 104 valence electrons. The number of thioether (sulfide) groups is 1. The number of benzene rings is 1. The molecule has 1 nitrogen and oxygen atoms in total. The summed E-state index contributed by atoms with van der Waals surface area (Å²) in [6, 6.07) is 10.5. The van der Waals surface area contributed by atoms with E-state index in [1.54, 1.807) is 0 Å². The normalized spacial score (nSPS) is 23.4. The zero-order chi connectivity index (χ0) is 13.9. The molecule has 0 saturated carbocycles. The summed E-state index contributed by atoms with van der Waals surface area (Å²) in [5, 5.41) is 9.75. The van der Waals surface area contributed by atoms with E-state index in [0.29, 0.717) is 5.92 Å². The quantitative estimate of drug-likeness (QED) is 0.630. The van der Waals surface area contributed by atoms with Gasteiger partial charge in [0, 0.05) is 16.1 Å². The summed E-state index contributed by atoms with van der Waals surface area (Å²) >= 11 is 1.90. The molecule has 0 radical (unpaired) electrons. The van der Waals surface area contributed by atoms with Crippen LogP contribution in [0.15, 0.2) is 46.4 Å². The van der Waals surface area contributed by atoms with Gasteiger partial charge < -0.3 is 5.11 Å². The summed E-state index contributed by atoms with van der Waals surface area (Å²) < 4.78 is 0. The Morgan fingerprint density at radius 3 is 2.53 bits per heavy atom. The first kappa shape index (κ1) is 14.7. The van der Waals surface area contributed by atoms with Gasteiger partial charge in [0.25, 0.3) is 0 Å². The van der Waals surface area contributed by atoms with Crippen molar-refractivity contribution in [3.8, 4) is 0 Å². The van der Waals surface area contributed by atoms with E-state index in [4.69, 9.17) is 0 Å². The second kappa shape index (κ2) is 6.15. The highest BCUT2D eigenvalue weighted by atomic mass is 32.2. The van der Waals surface area contributed by atoms with E-state index < -0.39 is 0 Å². The molecular weight excluding hydrogens is 252 g/mol. The highest BCUT2D eigenvalue weighted by molar-refractivity contribution is 7.99. The molecule has 0 aromatic heterocycles. The molecule has 0 unspecified atom stereocenters. The molecule has 2 heteroatoms. The zero-order valence-electron chi connectivity index (χ0n) is 12.1. The third-order valence-electron chi connectivity index (χ3n) is 4.22. The number of hydrogen-bond acceptors (Lipinski definition) is 2. The highest BCUT2D eigenvalue weighted by Gasteiger charge is 2.36. The fourth-order valence-electron chi connectivity index (χ4n) is 2.95. The van der Waals surface area contributed by atoms with Crippen molar-refractivity contribution in [2.45, 2.75) is 38.5 Å². The minimum absolute atomic E-state index is 0.162. The van der Waals surface area contributed by atoms with E-state index >= 15 is 0 Å². The lowest BCUT2D eigenvalue weighted by molar-refractivity contribution is 0.292. The Morgan fingerprint density at radius 1 is 1.26 bits per heavy atom. The average molecular weight is 276 g/mol. The predicted octanol–water partition coefficient (Wildman–Crippen LogP) is 4.52. The summed E-state index contributed by atoms with van der Waals surface area (Å²) in [6.07, 6.45) is 2.33. The number of aliphatic hydroxyl groups excluding tert-OH is 1. The smallest absolute Gasteiger partial charge is 0.0650 e. The van der Waals surface area contributed by atoms with Crippen molar-refractivity contribution >= 4 is 11.8 Å². The van der Waals surface area contributed by atoms with E-state index in [1.807, 2.05) is 11.8 Å². The van der Waals surface area contributed by atoms with E-state index in [0.717, 1.165) is 12.2 Å². The topological polar surface area (TPSA) is 20.2 Å². The second-order valence-electron chi connectivity index (χ2n) is 5.98. The molecule has 0 fully saturated rings. The Morgan fingerprint density at radius 2 is 1.95 bits per heavy atom. The van der Waals surface area contributed by atoms with E-state index in [2.05, 4.69) is 51.1 Å². The van der Waals surface area contributed by atoms with Gasteiger partial charge in [-0.2, -0.15) is 0 Å². The monoisotopic (exact) mass is 276 g/mol. The van der Waals surface area contributed by atoms with Crippen LogP contribution in [0, 0.1) is 11.3 Å². The molecule has 0 heterocycles. The van der Waals surface area contributed by atoms with Crippen molar-refractivity contribution in [2.24, 2.45) is 11.3 Å².